The summed E-state index contributed by atoms with van der Waals surface area (Å²) in [5, 5.41) is 5.34. The zero-order valence-electron chi connectivity index (χ0n) is 24.3. The number of carbonyl (C=O) groups excluding carboxylic acids is 4. The fraction of sp³-hybridized carbons (Fsp3) is 0.655. The summed E-state index contributed by atoms with van der Waals surface area (Å²) in [6.07, 6.45) is 4.20. The molecule has 38 heavy (non-hydrogen) atoms. The van der Waals surface area contributed by atoms with Crippen LogP contribution in [0, 0.1) is 13.8 Å². The Kier molecular flexibility index (Phi) is 14.5. The minimum atomic E-state index is -0.920. The van der Waals surface area contributed by atoms with E-state index in [2.05, 4.69) is 17.6 Å². The first kappa shape index (κ1) is 32.9. The number of esters is 1. The molecule has 0 radical (unpaired) electrons. The number of hydrogen-bond donors (Lipinski definition) is 2. The topological polar surface area (TPSA) is 114 Å². The molecule has 0 fully saturated rings. The molecular formula is C29H47N3O6. The molecule has 9 heteroatoms. The molecule has 0 aromatic heterocycles. The van der Waals surface area contributed by atoms with Gasteiger partial charge in [0.25, 0.3) is 0 Å². The maximum absolute atomic E-state index is 13.6. The first-order chi connectivity index (χ1) is 17.9. The molecule has 0 saturated carbocycles. The van der Waals surface area contributed by atoms with Crippen molar-refractivity contribution in [3.05, 3.63) is 34.9 Å². The molecule has 3 amide bonds. The third-order valence-electron chi connectivity index (χ3n) is 6.04. The maximum atomic E-state index is 13.6. The van der Waals surface area contributed by atoms with Gasteiger partial charge in [-0.3, -0.25) is 14.4 Å². The smallest absolute Gasteiger partial charge is 0.408 e. The van der Waals surface area contributed by atoms with Crippen LogP contribution in [0.1, 0.15) is 95.9 Å². The van der Waals surface area contributed by atoms with Crippen LogP contribution in [0.3, 0.4) is 0 Å². The van der Waals surface area contributed by atoms with Gasteiger partial charge in [0.15, 0.2) is 0 Å². The highest BCUT2D eigenvalue weighted by Crippen LogP contribution is 2.27. The van der Waals surface area contributed by atoms with Gasteiger partial charge in [0.05, 0.1) is 13.0 Å². The quantitative estimate of drug-likeness (QED) is 0.249. The molecule has 1 aromatic carbocycles. The summed E-state index contributed by atoms with van der Waals surface area (Å²) >= 11 is 0. The van der Waals surface area contributed by atoms with E-state index in [4.69, 9.17) is 9.47 Å². The summed E-state index contributed by atoms with van der Waals surface area (Å²) < 4.78 is 10.2. The molecule has 1 unspecified atom stereocenters. The van der Waals surface area contributed by atoms with Crippen molar-refractivity contribution in [2.24, 2.45) is 0 Å². The Morgan fingerprint density at radius 2 is 1.66 bits per heavy atom. The van der Waals surface area contributed by atoms with E-state index in [1.165, 1.54) is 4.90 Å². The standard InChI is InChI=1S/C29H47N3O6/c1-8-10-11-12-13-19-32(24(33)20-31-28(36)38-29(5,6)7)26(23-16-14-15-21(3)22(23)4)27(35)30-18-17-25(34)37-9-2/h14-16,26H,8-13,17-20H2,1-7H3,(H,30,35)(H,31,36). The minimum absolute atomic E-state index is 0.0320. The number of nitrogens with zero attached hydrogens (tertiary/aromatic N) is 1. The van der Waals surface area contributed by atoms with Crippen LogP contribution in [-0.2, 0) is 23.9 Å². The van der Waals surface area contributed by atoms with Gasteiger partial charge in [-0.1, -0.05) is 50.8 Å². The first-order valence-corrected chi connectivity index (χ1v) is 13.7. The zero-order valence-corrected chi connectivity index (χ0v) is 24.3. The second kappa shape index (κ2) is 16.7. The monoisotopic (exact) mass is 533 g/mol. The zero-order chi connectivity index (χ0) is 28.7. The molecule has 9 nitrogen and oxygen atoms in total. The minimum Gasteiger partial charge on any atom is -0.466 e. The van der Waals surface area contributed by atoms with Gasteiger partial charge in [0.1, 0.15) is 18.2 Å². The second-order valence-corrected chi connectivity index (χ2v) is 10.4. The van der Waals surface area contributed by atoms with Crippen LogP contribution in [-0.4, -0.2) is 60.6 Å². The van der Waals surface area contributed by atoms with E-state index >= 15 is 0 Å². The van der Waals surface area contributed by atoms with Crippen LogP contribution >= 0.6 is 0 Å². The molecule has 0 spiro atoms. The Balaban J connectivity index is 3.24. The number of hydrogen-bond acceptors (Lipinski definition) is 6. The summed E-state index contributed by atoms with van der Waals surface area (Å²) in [5.41, 5.74) is 1.90. The van der Waals surface area contributed by atoms with Crippen LogP contribution in [0.4, 0.5) is 4.79 Å². The Morgan fingerprint density at radius 1 is 0.974 bits per heavy atom. The average Bonchev–Trinajstić information content (AvgIpc) is 2.83. The molecule has 1 rings (SSSR count). The summed E-state index contributed by atoms with van der Waals surface area (Å²) in [7, 11) is 0. The molecule has 1 atom stereocenters. The van der Waals surface area contributed by atoms with Crippen molar-refractivity contribution in [2.75, 3.05) is 26.2 Å². The van der Waals surface area contributed by atoms with E-state index in [1.807, 2.05) is 32.0 Å². The number of rotatable bonds is 15. The van der Waals surface area contributed by atoms with Crippen molar-refractivity contribution in [3.8, 4) is 0 Å². The van der Waals surface area contributed by atoms with Gasteiger partial charge in [-0.15, -0.1) is 0 Å². The fourth-order valence-electron chi connectivity index (χ4n) is 3.99. The third-order valence-corrected chi connectivity index (χ3v) is 6.04. The summed E-state index contributed by atoms with van der Waals surface area (Å²) in [6.45, 7) is 13.4. The lowest BCUT2D eigenvalue weighted by atomic mass is 9.95. The van der Waals surface area contributed by atoms with E-state index < -0.39 is 29.6 Å². The highest BCUT2D eigenvalue weighted by atomic mass is 16.6. The van der Waals surface area contributed by atoms with E-state index in [0.29, 0.717) is 12.1 Å². The molecule has 214 valence electrons. The summed E-state index contributed by atoms with van der Waals surface area (Å²) in [5.74, 6) is -1.18. The van der Waals surface area contributed by atoms with Gasteiger partial charge in [0.2, 0.25) is 11.8 Å². The predicted molar refractivity (Wildman–Crippen MR) is 148 cm³/mol. The SMILES string of the molecule is CCCCCCCN(C(=O)CNC(=O)OC(C)(C)C)C(C(=O)NCCC(=O)OCC)c1cccc(C)c1C. The lowest BCUT2D eigenvalue weighted by Gasteiger charge is -2.33. The van der Waals surface area contributed by atoms with Crippen LogP contribution in [0.5, 0.6) is 0 Å². The van der Waals surface area contributed by atoms with Gasteiger partial charge >= 0.3 is 12.1 Å². The van der Waals surface area contributed by atoms with Gasteiger partial charge in [-0.25, -0.2) is 4.79 Å². The average molecular weight is 534 g/mol. The van der Waals surface area contributed by atoms with E-state index in [0.717, 1.165) is 43.2 Å². The summed E-state index contributed by atoms with van der Waals surface area (Å²) in [6, 6.07) is 4.74. The number of carbonyl (C=O) groups is 4. The molecule has 0 heterocycles. The van der Waals surface area contributed by atoms with E-state index in [-0.39, 0.29) is 32.0 Å². The van der Waals surface area contributed by atoms with Crippen molar-refractivity contribution in [1.29, 1.82) is 0 Å². The van der Waals surface area contributed by atoms with Gasteiger partial charge in [-0.05, 0) is 64.7 Å². The van der Waals surface area contributed by atoms with Crippen molar-refractivity contribution in [1.82, 2.24) is 15.5 Å². The predicted octanol–water partition coefficient (Wildman–Crippen LogP) is 4.74. The van der Waals surface area contributed by atoms with Gasteiger partial charge < -0.3 is 25.0 Å². The normalized spacial score (nSPS) is 11.9. The molecule has 0 aliphatic carbocycles. The van der Waals surface area contributed by atoms with Crippen molar-refractivity contribution < 1.29 is 28.7 Å². The number of aryl methyl sites for hydroxylation is 1. The van der Waals surface area contributed by atoms with Gasteiger partial charge in [-0.2, -0.15) is 0 Å². The number of benzene rings is 1. The molecule has 0 saturated heterocycles. The molecule has 1 aromatic rings. The van der Waals surface area contributed by atoms with Crippen molar-refractivity contribution in [3.63, 3.8) is 0 Å². The molecule has 0 aliphatic rings. The van der Waals surface area contributed by atoms with Gasteiger partial charge in [0, 0.05) is 13.1 Å². The highest BCUT2D eigenvalue weighted by Gasteiger charge is 2.32. The Bertz CT molecular complexity index is 925. The summed E-state index contributed by atoms with van der Waals surface area (Å²) in [4.78, 5) is 52.6. The number of nitrogens with one attached hydrogen (secondary N) is 2. The van der Waals surface area contributed by atoms with Crippen molar-refractivity contribution in [2.45, 2.75) is 98.6 Å². The molecular weight excluding hydrogens is 486 g/mol. The number of amides is 3. The lowest BCUT2D eigenvalue weighted by molar-refractivity contribution is -0.143. The molecule has 2 N–H and O–H groups in total. The Labute approximate surface area is 228 Å². The van der Waals surface area contributed by atoms with Crippen LogP contribution in [0.25, 0.3) is 0 Å². The Morgan fingerprint density at radius 3 is 2.29 bits per heavy atom. The van der Waals surface area contributed by atoms with Crippen molar-refractivity contribution >= 4 is 23.9 Å². The lowest BCUT2D eigenvalue weighted by Crippen LogP contribution is -2.48. The number of ether oxygens (including phenoxy) is 2. The van der Waals surface area contributed by atoms with Crippen LogP contribution < -0.4 is 10.6 Å². The molecule has 0 bridgehead atoms. The number of unbranched alkanes of at least 4 members (excludes halogenated alkanes) is 4. The highest BCUT2D eigenvalue weighted by molar-refractivity contribution is 5.91. The fourth-order valence-corrected chi connectivity index (χ4v) is 3.99. The molecule has 0 aliphatic heterocycles. The van der Waals surface area contributed by atoms with E-state index in [1.54, 1.807) is 27.7 Å². The Hall–Kier alpha value is -3.10. The second-order valence-electron chi connectivity index (χ2n) is 10.4. The maximum Gasteiger partial charge on any atom is 0.408 e. The van der Waals surface area contributed by atoms with Crippen LogP contribution in [0.2, 0.25) is 0 Å². The van der Waals surface area contributed by atoms with E-state index in [9.17, 15) is 19.2 Å². The number of alkyl carbamates (subject to hydrolysis) is 1. The third kappa shape index (κ3) is 12.0. The van der Waals surface area contributed by atoms with Crippen LogP contribution in [0.15, 0.2) is 18.2 Å². The first-order valence-electron chi connectivity index (χ1n) is 13.7. The largest absolute Gasteiger partial charge is 0.466 e.